The van der Waals surface area contributed by atoms with Crippen LogP contribution in [0.2, 0.25) is 5.02 Å². The van der Waals surface area contributed by atoms with Gasteiger partial charge in [0.05, 0.1) is 29.7 Å². The molecule has 0 aliphatic rings. The van der Waals surface area contributed by atoms with Crippen molar-refractivity contribution in [1.29, 1.82) is 0 Å². The molecule has 0 saturated carbocycles. The van der Waals surface area contributed by atoms with Gasteiger partial charge in [0.2, 0.25) is 0 Å². The third-order valence-corrected chi connectivity index (χ3v) is 5.15. The molecule has 2 aromatic rings. The molecule has 0 N–H and O–H groups in total. The number of anilines is 1. The van der Waals surface area contributed by atoms with Gasteiger partial charge in [0.25, 0.3) is 10.0 Å². The molecule has 0 aliphatic carbocycles. The Morgan fingerprint density at radius 3 is 2.21 bits per heavy atom. The Balaban J connectivity index is 2.43. The highest BCUT2D eigenvalue weighted by molar-refractivity contribution is 7.92. The summed E-state index contributed by atoms with van der Waals surface area (Å²) < 4.78 is 31.6. The van der Waals surface area contributed by atoms with Crippen molar-refractivity contribution in [2.45, 2.75) is 11.8 Å². The summed E-state index contributed by atoms with van der Waals surface area (Å²) in [4.78, 5) is 11.0. The zero-order valence-electron chi connectivity index (χ0n) is 12.8. The summed E-state index contributed by atoms with van der Waals surface area (Å²) >= 11 is 5.76. The van der Waals surface area contributed by atoms with Crippen molar-refractivity contribution in [2.75, 3.05) is 17.5 Å². The van der Waals surface area contributed by atoms with Gasteiger partial charge in [0.1, 0.15) is 5.75 Å². The number of rotatable bonds is 7. The Morgan fingerprint density at radius 2 is 1.71 bits per heavy atom. The summed E-state index contributed by atoms with van der Waals surface area (Å²) in [5.74, 6) is -0.958. The SMILES string of the molecule is CCOc1ccc(N(CC(=O)[O-])S(=O)(=O)c2ccc(Cl)cc2)cc1. The average Bonchev–Trinajstić information content (AvgIpc) is 2.54. The zero-order chi connectivity index (χ0) is 17.7. The van der Waals surface area contributed by atoms with Crippen molar-refractivity contribution in [3.63, 3.8) is 0 Å². The molecule has 6 nitrogen and oxygen atoms in total. The van der Waals surface area contributed by atoms with Crippen molar-refractivity contribution in [3.8, 4) is 5.75 Å². The first-order valence-corrected chi connectivity index (χ1v) is 8.87. The molecule has 0 fully saturated rings. The number of sulfonamides is 1. The maximum atomic E-state index is 12.8. The quantitative estimate of drug-likeness (QED) is 0.742. The number of nitrogens with zero attached hydrogens (tertiary/aromatic N) is 1. The summed E-state index contributed by atoms with van der Waals surface area (Å²) in [5, 5.41) is 11.4. The summed E-state index contributed by atoms with van der Waals surface area (Å²) in [5.41, 5.74) is 0.192. The van der Waals surface area contributed by atoms with Crippen LogP contribution < -0.4 is 14.1 Å². The lowest BCUT2D eigenvalue weighted by Gasteiger charge is -2.25. The van der Waals surface area contributed by atoms with Crippen LogP contribution in [-0.4, -0.2) is 27.5 Å². The monoisotopic (exact) mass is 368 g/mol. The standard InChI is InChI=1S/C16H16ClNO5S/c1-2-23-14-7-5-13(6-8-14)18(11-16(19)20)24(21,22)15-9-3-12(17)4-10-15/h3-10H,2,11H2,1H3,(H,19,20)/p-1. The van der Waals surface area contributed by atoms with Crippen LogP contribution in [0, 0.1) is 0 Å². The first-order chi connectivity index (χ1) is 11.3. The van der Waals surface area contributed by atoms with Gasteiger partial charge in [0, 0.05) is 5.02 Å². The van der Waals surface area contributed by atoms with Gasteiger partial charge in [-0.3, -0.25) is 4.31 Å². The van der Waals surface area contributed by atoms with Crippen LogP contribution in [0.4, 0.5) is 5.69 Å². The number of hydrogen-bond donors (Lipinski definition) is 0. The molecular formula is C16H15ClNO5S-. The van der Waals surface area contributed by atoms with Gasteiger partial charge in [-0.25, -0.2) is 8.42 Å². The van der Waals surface area contributed by atoms with E-state index in [-0.39, 0.29) is 10.6 Å². The number of ether oxygens (including phenoxy) is 1. The molecule has 2 rings (SSSR count). The van der Waals surface area contributed by atoms with E-state index in [0.29, 0.717) is 17.4 Å². The molecule has 0 bridgehead atoms. The second-order valence-corrected chi connectivity index (χ2v) is 7.06. The molecule has 0 aliphatic heterocycles. The fraction of sp³-hybridized carbons (Fsp3) is 0.188. The number of carboxylic acid groups (broad SMARTS) is 1. The maximum Gasteiger partial charge on any atom is 0.264 e. The summed E-state index contributed by atoms with van der Waals surface area (Å²) in [6.45, 7) is 1.48. The Labute approximate surface area is 145 Å². The van der Waals surface area contributed by atoms with Gasteiger partial charge >= 0.3 is 0 Å². The first kappa shape index (κ1) is 18.1. The molecule has 8 heteroatoms. The summed E-state index contributed by atoms with van der Waals surface area (Å²) in [6, 6.07) is 11.6. The zero-order valence-corrected chi connectivity index (χ0v) is 14.4. The van der Waals surface area contributed by atoms with Gasteiger partial charge < -0.3 is 14.6 Å². The topological polar surface area (TPSA) is 86.7 Å². The van der Waals surface area contributed by atoms with Crippen LogP contribution in [-0.2, 0) is 14.8 Å². The van der Waals surface area contributed by atoms with Crippen LogP contribution in [0.5, 0.6) is 5.75 Å². The third kappa shape index (κ3) is 4.18. The molecule has 2 aromatic carbocycles. The predicted octanol–water partition coefficient (Wildman–Crippen LogP) is 1.68. The van der Waals surface area contributed by atoms with E-state index in [9.17, 15) is 18.3 Å². The van der Waals surface area contributed by atoms with Gasteiger partial charge in [-0.15, -0.1) is 0 Å². The van der Waals surface area contributed by atoms with E-state index >= 15 is 0 Å². The molecular weight excluding hydrogens is 354 g/mol. The normalized spacial score (nSPS) is 11.1. The van der Waals surface area contributed by atoms with Crippen LogP contribution in [0.3, 0.4) is 0 Å². The molecule has 0 heterocycles. The van der Waals surface area contributed by atoms with Crippen molar-refractivity contribution in [2.24, 2.45) is 0 Å². The fourth-order valence-electron chi connectivity index (χ4n) is 2.04. The van der Waals surface area contributed by atoms with E-state index in [1.54, 1.807) is 12.1 Å². The van der Waals surface area contributed by atoms with Gasteiger partial charge in [0.15, 0.2) is 0 Å². The second-order valence-electron chi connectivity index (χ2n) is 4.76. The minimum Gasteiger partial charge on any atom is -0.548 e. The molecule has 0 atom stereocenters. The van der Waals surface area contributed by atoms with Crippen molar-refractivity contribution >= 4 is 33.3 Å². The largest absolute Gasteiger partial charge is 0.548 e. The van der Waals surface area contributed by atoms with Gasteiger partial charge in [-0.05, 0) is 55.5 Å². The van der Waals surface area contributed by atoms with E-state index in [1.165, 1.54) is 36.4 Å². The molecule has 0 radical (unpaired) electrons. The number of carboxylic acids is 1. The Morgan fingerprint density at radius 1 is 1.12 bits per heavy atom. The summed E-state index contributed by atoms with van der Waals surface area (Å²) in [7, 11) is -4.08. The van der Waals surface area contributed by atoms with Crippen molar-refractivity contribution < 1.29 is 23.1 Å². The molecule has 128 valence electrons. The Bertz CT molecular complexity index is 803. The van der Waals surface area contributed by atoms with E-state index in [2.05, 4.69) is 0 Å². The van der Waals surface area contributed by atoms with Crippen molar-refractivity contribution in [1.82, 2.24) is 0 Å². The average molecular weight is 369 g/mol. The van der Waals surface area contributed by atoms with Crippen LogP contribution in [0.15, 0.2) is 53.4 Å². The van der Waals surface area contributed by atoms with Crippen LogP contribution >= 0.6 is 11.6 Å². The number of aliphatic carboxylic acids is 1. The minimum absolute atomic E-state index is 0.0676. The lowest BCUT2D eigenvalue weighted by molar-refractivity contribution is -0.303. The van der Waals surface area contributed by atoms with Gasteiger partial charge in [-0.1, -0.05) is 11.6 Å². The maximum absolute atomic E-state index is 12.8. The Kier molecular flexibility index (Phi) is 5.69. The van der Waals surface area contributed by atoms with Crippen LogP contribution in [0.1, 0.15) is 6.92 Å². The highest BCUT2D eigenvalue weighted by Gasteiger charge is 2.25. The fourth-order valence-corrected chi connectivity index (χ4v) is 3.58. The highest BCUT2D eigenvalue weighted by Crippen LogP contribution is 2.26. The predicted molar refractivity (Wildman–Crippen MR) is 88.6 cm³/mol. The van der Waals surface area contributed by atoms with Crippen molar-refractivity contribution in [3.05, 3.63) is 53.6 Å². The van der Waals surface area contributed by atoms with E-state index in [4.69, 9.17) is 16.3 Å². The first-order valence-electron chi connectivity index (χ1n) is 7.05. The number of carbonyl (C=O) groups is 1. The molecule has 0 saturated heterocycles. The number of carbonyl (C=O) groups excluding carboxylic acids is 1. The molecule has 0 unspecified atom stereocenters. The smallest absolute Gasteiger partial charge is 0.264 e. The molecule has 0 amide bonds. The van der Waals surface area contributed by atoms with E-state index in [1.807, 2.05) is 6.92 Å². The number of hydrogen-bond acceptors (Lipinski definition) is 5. The van der Waals surface area contributed by atoms with Crippen LogP contribution in [0.25, 0.3) is 0 Å². The molecule has 24 heavy (non-hydrogen) atoms. The lowest BCUT2D eigenvalue weighted by Crippen LogP contribution is -2.41. The third-order valence-electron chi connectivity index (χ3n) is 3.11. The Hall–Kier alpha value is -2.25. The highest BCUT2D eigenvalue weighted by atomic mass is 35.5. The van der Waals surface area contributed by atoms with Gasteiger partial charge in [-0.2, -0.15) is 0 Å². The minimum atomic E-state index is -4.08. The van der Waals surface area contributed by atoms with E-state index in [0.717, 1.165) is 4.31 Å². The molecule has 0 aromatic heterocycles. The lowest BCUT2D eigenvalue weighted by atomic mass is 10.3. The number of benzene rings is 2. The number of halogens is 1. The second kappa shape index (κ2) is 7.55. The van der Waals surface area contributed by atoms with E-state index < -0.39 is 22.5 Å². The summed E-state index contributed by atoms with van der Waals surface area (Å²) in [6.07, 6.45) is 0. The molecule has 0 spiro atoms.